The van der Waals surface area contributed by atoms with E-state index in [-0.39, 0.29) is 57.8 Å². The summed E-state index contributed by atoms with van der Waals surface area (Å²) >= 11 is 0. The Labute approximate surface area is 293 Å². The van der Waals surface area contributed by atoms with E-state index in [2.05, 4.69) is 0 Å². The first-order valence-electron chi connectivity index (χ1n) is 16.0. The minimum atomic E-state index is -5.03. The first-order chi connectivity index (χ1) is 24.9. The second-order valence-electron chi connectivity index (χ2n) is 13.1. The molecule has 0 amide bonds. The largest absolute Gasteiger partial charge is 0.417 e. The van der Waals surface area contributed by atoms with E-state index in [1.54, 1.807) is 0 Å². The molecule has 53 heavy (non-hydrogen) atoms. The van der Waals surface area contributed by atoms with Gasteiger partial charge in [0.15, 0.2) is 5.66 Å². The summed E-state index contributed by atoms with van der Waals surface area (Å²) in [6.07, 6.45) is -0.738. The van der Waals surface area contributed by atoms with Gasteiger partial charge in [-0.2, -0.15) is 39.5 Å². The number of allylic oxidation sites excluding steroid dienone is 18. The Hall–Kier alpha value is -5.34. The zero-order valence-corrected chi connectivity index (χ0v) is 26.8. The number of fused-ring (bicyclic) bond motifs is 10. The minimum Gasteiger partial charge on any atom is -0.343 e. The van der Waals surface area contributed by atoms with Crippen molar-refractivity contribution in [3.8, 4) is 0 Å². The van der Waals surface area contributed by atoms with Crippen molar-refractivity contribution in [2.24, 2.45) is 5.92 Å². The molecular weight excluding hydrogens is 726 g/mol. The van der Waals surface area contributed by atoms with Crippen molar-refractivity contribution in [3.05, 3.63) is 177 Å². The van der Waals surface area contributed by atoms with E-state index in [9.17, 15) is 39.5 Å². The number of hydrogen-bond acceptors (Lipinski definition) is 3. The van der Waals surface area contributed by atoms with Gasteiger partial charge in [0.05, 0.1) is 22.6 Å². The highest BCUT2D eigenvalue weighted by atomic mass is 19.4. The molecule has 0 aromatic rings. The van der Waals surface area contributed by atoms with Gasteiger partial charge in [-0.1, -0.05) is 6.08 Å². The van der Waals surface area contributed by atoms with E-state index >= 15 is 13.2 Å². The maximum Gasteiger partial charge on any atom is 0.417 e. The fourth-order valence-electron chi connectivity index (χ4n) is 7.90. The Morgan fingerprint density at radius 2 is 1.08 bits per heavy atom. The summed E-state index contributed by atoms with van der Waals surface area (Å²) in [4.78, 5) is 3.21. The second-order valence-corrected chi connectivity index (χ2v) is 13.1. The van der Waals surface area contributed by atoms with E-state index in [0.717, 1.165) is 87.7 Å². The topological polar surface area (TPSA) is 9.72 Å². The lowest BCUT2D eigenvalue weighted by atomic mass is 9.73. The maximum atomic E-state index is 15.8. The van der Waals surface area contributed by atoms with Crippen molar-refractivity contribution in [2.75, 3.05) is 6.54 Å². The number of alkyl halides is 9. The predicted octanol–water partition coefficient (Wildman–Crippen LogP) is 10.8. The average molecular weight is 750 g/mol. The lowest BCUT2D eigenvalue weighted by molar-refractivity contribution is -0.0917. The molecule has 1 unspecified atom stereocenters. The molecule has 8 aliphatic rings. The van der Waals surface area contributed by atoms with Crippen molar-refractivity contribution in [1.82, 2.24) is 14.7 Å². The molecule has 8 rings (SSSR count). The summed E-state index contributed by atoms with van der Waals surface area (Å²) in [7, 11) is 0. The van der Waals surface area contributed by atoms with Gasteiger partial charge in [-0.05, 0) is 108 Å². The molecule has 0 bridgehead atoms. The third-order valence-corrected chi connectivity index (χ3v) is 10.1. The number of hydrogen-bond donors (Lipinski definition) is 0. The van der Waals surface area contributed by atoms with Crippen molar-refractivity contribution in [2.45, 2.75) is 37.0 Å². The van der Waals surface area contributed by atoms with E-state index in [1.165, 1.54) is 6.08 Å². The van der Waals surface area contributed by atoms with E-state index in [1.807, 2.05) is 0 Å². The molecule has 15 heteroatoms. The molecule has 274 valence electrons. The smallest absolute Gasteiger partial charge is 0.343 e. The zero-order valence-electron chi connectivity index (χ0n) is 26.8. The van der Waals surface area contributed by atoms with Crippen LogP contribution in [0, 0.1) is 5.92 Å². The number of nitrogens with zero attached hydrogens (tertiary/aromatic N) is 3. The van der Waals surface area contributed by atoms with E-state index in [0.29, 0.717) is 18.5 Å². The molecule has 0 aromatic carbocycles. The standard InChI is InChI=1S/C38H23F12N3/c39-24-4-7-27-20(13-24)16-51-17-21(36(42,43)44)1-10-32(51)28-8-5-25(40)14-30(28)35(52-18-22(37(45,46)47)2-11-33(27)52)31-15-26(41)6-9-29(31)34-12-3-23(19-53(34)35)38(48,49)50/h1-6,9-15,17-19,31H,7-8,16H2/t31?,35-/m0/s1. The molecule has 2 atom stereocenters. The number of rotatable bonds is 0. The monoisotopic (exact) mass is 749 g/mol. The van der Waals surface area contributed by atoms with E-state index in [4.69, 9.17) is 0 Å². The third-order valence-electron chi connectivity index (χ3n) is 10.1. The maximum absolute atomic E-state index is 15.8. The summed E-state index contributed by atoms with van der Waals surface area (Å²) in [6, 6.07) is 0. The van der Waals surface area contributed by atoms with Gasteiger partial charge in [-0.25, -0.2) is 13.2 Å². The molecule has 0 radical (unpaired) electrons. The molecule has 5 aliphatic heterocycles. The highest BCUT2D eigenvalue weighted by Crippen LogP contribution is 2.59. The molecule has 0 saturated heterocycles. The quantitative estimate of drug-likeness (QED) is 0.228. The van der Waals surface area contributed by atoms with E-state index < -0.39 is 70.9 Å². The van der Waals surface area contributed by atoms with Crippen LogP contribution in [0.2, 0.25) is 0 Å². The fraction of sp³-hybridized carbons (Fsp3) is 0.211. The third kappa shape index (κ3) is 5.45. The van der Waals surface area contributed by atoms with Crippen LogP contribution >= 0.6 is 0 Å². The van der Waals surface area contributed by atoms with Crippen LogP contribution in [-0.4, -0.2) is 45.4 Å². The predicted molar refractivity (Wildman–Crippen MR) is 170 cm³/mol. The van der Waals surface area contributed by atoms with Crippen LogP contribution in [0.1, 0.15) is 12.8 Å². The highest BCUT2D eigenvalue weighted by Gasteiger charge is 2.61. The Morgan fingerprint density at radius 1 is 0.547 bits per heavy atom. The van der Waals surface area contributed by atoms with Crippen molar-refractivity contribution in [3.63, 3.8) is 0 Å². The Bertz CT molecular complexity index is 2210. The van der Waals surface area contributed by atoms with Crippen LogP contribution in [0.3, 0.4) is 0 Å². The Morgan fingerprint density at radius 3 is 1.70 bits per heavy atom. The van der Waals surface area contributed by atoms with Crippen LogP contribution in [-0.2, 0) is 0 Å². The van der Waals surface area contributed by atoms with Crippen LogP contribution in [0.15, 0.2) is 177 Å². The van der Waals surface area contributed by atoms with Crippen LogP contribution in [0.5, 0.6) is 0 Å². The molecule has 1 spiro atoms. The van der Waals surface area contributed by atoms with Gasteiger partial charge < -0.3 is 14.7 Å². The summed E-state index contributed by atoms with van der Waals surface area (Å²) in [5.41, 5.74) is -6.04. The molecule has 3 nitrogen and oxygen atoms in total. The van der Waals surface area contributed by atoms with Crippen molar-refractivity contribution in [1.29, 1.82) is 0 Å². The van der Waals surface area contributed by atoms with Gasteiger partial charge in [-0.3, -0.25) is 0 Å². The first-order valence-corrected chi connectivity index (χ1v) is 16.0. The first kappa shape index (κ1) is 34.7. The summed E-state index contributed by atoms with van der Waals surface area (Å²) < 4.78 is 176. The molecule has 0 fully saturated rings. The van der Waals surface area contributed by atoms with Crippen LogP contribution in [0.25, 0.3) is 0 Å². The molecule has 0 saturated carbocycles. The highest BCUT2D eigenvalue weighted by molar-refractivity contribution is 5.66. The molecular formula is C38H23F12N3. The van der Waals surface area contributed by atoms with Gasteiger partial charge >= 0.3 is 18.5 Å². The van der Waals surface area contributed by atoms with Gasteiger partial charge in [0.1, 0.15) is 17.5 Å². The van der Waals surface area contributed by atoms with Gasteiger partial charge in [0, 0.05) is 47.8 Å². The fourth-order valence-corrected chi connectivity index (χ4v) is 7.90. The SMILES string of the molecule is FC1=CCC2=C3C=CC(C(F)(F)F)=CN3CC3=CC(F)=CCC3=C3C=CC(C(F)(F)F)=CN3[C@]3(C2=C1)C1C=C(F)C=CC1=C1C=CC(C(F)(F)F)=CN13. The van der Waals surface area contributed by atoms with Crippen LogP contribution in [0.4, 0.5) is 52.7 Å². The Balaban J connectivity index is 1.55. The van der Waals surface area contributed by atoms with Crippen LogP contribution < -0.4 is 0 Å². The lowest BCUT2D eigenvalue weighted by Crippen LogP contribution is -2.60. The summed E-state index contributed by atoms with van der Waals surface area (Å²) in [5.74, 6) is -4.08. The van der Waals surface area contributed by atoms with Gasteiger partial charge in [0.2, 0.25) is 0 Å². The lowest BCUT2D eigenvalue weighted by Gasteiger charge is -2.55. The minimum absolute atomic E-state index is 0.0155. The molecule has 5 heterocycles. The zero-order chi connectivity index (χ0) is 37.8. The molecule has 0 aromatic heterocycles. The Kier molecular flexibility index (Phi) is 7.59. The summed E-state index contributed by atoms with van der Waals surface area (Å²) in [5, 5.41) is 0. The van der Waals surface area contributed by atoms with Crippen molar-refractivity contribution < 1.29 is 52.7 Å². The summed E-state index contributed by atoms with van der Waals surface area (Å²) in [6.45, 7) is -0.438. The molecule has 3 aliphatic carbocycles. The van der Waals surface area contributed by atoms with Crippen molar-refractivity contribution >= 4 is 0 Å². The second kappa shape index (κ2) is 11.6. The normalized spacial score (nSPS) is 26.8. The number of halogens is 12. The molecule has 0 N–H and O–H groups in total. The average Bonchev–Trinajstić information content (AvgIpc) is 3.36. The van der Waals surface area contributed by atoms with Gasteiger partial charge in [0.25, 0.3) is 0 Å². The van der Waals surface area contributed by atoms with Gasteiger partial charge in [-0.15, -0.1) is 0 Å².